The SMILES string of the molecule is CCCCCCCCc1c[c-]c(-c2ccccn2)cc1.CCCCCCc1cc[c-]c(-c2ccccn2)c1.Cc1ccc(-c2[c-]ccc(C(C)(C)C)c2)nc1.Cc1ccc[c-]c1-c1ccccn1.[Ir].[Ir].[Ir].[Ir].[Ir].[c-]1ccccc1-c1ccccn1. The van der Waals surface area contributed by atoms with Gasteiger partial charge in [0.2, 0.25) is 0 Å². The normalized spacial score (nSPS) is 9.92. The molecule has 0 spiro atoms. The summed E-state index contributed by atoms with van der Waals surface area (Å²) in [5.74, 6) is 0. The first-order valence-electron chi connectivity index (χ1n) is 28.7. The molecule has 10 rings (SSSR count). The Labute approximate surface area is 578 Å². The topological polar surface area (TPSA) is 64.5 Å². The minimum absolute atomic E-state index is 0. The van der Waals surface area contributed by atoms with Crippen molar-refractivity contribution in [3.8, 4) is 56.3 Å². The number of aryl methyl sites for hydroxylation is 4. The summed E-state index contributed by atoms with van der Waals surface area (Å²) in [6.45, 7) is 15.3. The average Bonchev–Trinajstić information content (AvgIpc) is 3.72. The summed E-state index contributed by atoms with van der Waals surface area (Å²) in [4.78, 5) is 21.7. The van der Waals surface area contributed by atoms with E-state index in [0.29, 0.717) is 0 Å². The molecular weight excluding hydrogens is 1930 g/mol. The molecule has 85 heavy (non-hydrogen) atoms. The summed E-state index contributed by atoms with van der Waals surface area (Å²) in [5.41, 5.74) is 17.0. The molecule has 0 saturated carbocycles. The summed E-state index contributed by atoms with van der Waals surface area (Å²) in [6.07, 6.45) is 24.8. The van der Waals surface area contributed by atoms with E-state index in [-0.39, 0.29) is 106 Å². The summed E-state index contributed by atoms with van der Waals surface area (Å²) in [6, 6.07) is 77.0. The molecule has 0 fully saturated rings. The van der Waals surface area contributed by atoms with E-state index in [1.54, 1.807) is 12.4 Å². The van der Waals surface area contributed by atoms with Crippen molar-refractivity contribution in [3.63, 3.8) is 0 Å². The summed E-state index contributed by atoms with van der Waals surface area (Å²) < 4.78 is 0. The van der Waals surface area contributed by atoms with Crippen molar-refractivity contribution >= 4 is 0 Å². The van der Waals surface area contributed by atoms with Gasteiger partial charge in [0.25, 0.3) is 0 Å². The molecule has 5 radical (unpaired) electrons. The van der Waals surface area contributed by atoms with Crippen LogP contribution in [0.1, 0.15) is 127 Å². The van der Waals surface area contributed by atoms with Crippen LogP contribution >= 0.6 is 0 Å². The van der Waals surface area contributed by atoms with Gasteiger partial charge < -0.3 is 24.9 Å². The number of hydrogen-bond donors (Lipinski definition) is 0. The Balaban J connectivity index is 0.000000529. The molecular formula is C75H80Ir5N5-5. The van der Waals surface area contributed by atoms with E-state index < -0.39 is 0 Å². The fourth-order valence-corrected chi connectivity index (χ4v) is 8.59. The fourth-order valence-electron chi connectivity index (χ4n) is 8.59. The number of pyridine rings is 5. The predicted octanol–water partition coefficient (Wildman–Crippen LogP) is 19.7. The molecule has 0 aliphatic rings. The standard InChI is InChI=1S/C19H24N.C17H20N.C16H18N.C12H10N.C11H8N.5Ir/c1-2-3-4-5-6-7-10-17-12-14-18(15-13-17)19-11-8-9-16-20-19;1-2-3-4-5-9-15-10-8-11-16(14-15)17-12-6-7-13-18-17;1-12-8-9-15(17-11-12)13-6-5-7-14(10-13)16(2,3)4;1-10-6-2-3-7-11(10)12-8-4-5-9-13-12;1-2-6-10(7-3-1)11-8-4-5-9-12-11;;;;;/h8-9,11-14,16H,2-7,10H2,1H3;6-8,10,12-14H,2-5,9H2,1H3;5,7-11H,1-4H3;2-6,8-9H,1H3;1-6,8-9H;;;;;/q5*-1;;;;;. The van der Waals surface area contributed by atoms with Crippen LogP contribution in [0.4, 0.5) is 0 Å². The molecule has 0 aliphatic carbocycles. The van der Waals surface area contributed by atoms with Crippen LogP contribution in [0.2, 0.25) is 0 Å². The van der Waals surface area contributed by atoms with Crippen molar-refractivity contribution in [1.82, 2.24) is 24.9 Å². The van der Waals surface area contributed by atoms with Crippen molar-refractivity contribution in [3.05, 3.63) is 271 Å². The first-order chi connectivity index (χ1) is 39.1. The van der Waals surface area contributed by atoms with Crippen molar-refractivity contribution in [2.45, 2.75) is 131 Å². The third-order valence-corrected chi connectivity index (χ3v) is 13.3. The second-order valence-electron chi connectivity index (χ2n) is 20.9. The van der Waals surface area contributed by atoms with Crippen molar-refractivity contribution in [2.24, 2.45) is 0 Å². The second kappa shape index (κ2) is 45.4. The average molecular weight is 2010 g/mol. The minimum atomic E-state index is 0. The van der Waals surface area contributed by atoms with Crippen molar-refractivity contribution in [1.29, 1.82) is 0 Å². The van der Waals surface area contributed by atoms with Crippen LogP contribution < -0.4 is 0 Å². The summed E-state index contributed by atoms with van der Waals surface area (Å²) >= 11 is 0. The third-order valence-electron chi connectivity index (χ3n) is 13.3. The van der Waals surface area contributed by atoms with Crippen LogP contribution in [-0.4, -0.2) is 24.9 Å². The molecule has 10 heteroatoms. The molecule has 5 nitrogen and oxygen atoms in total. The van der Waals surface area contributed by atoms with Gasteiger partial charge in [0.1, 0.15) is 0 Å². The van der Waals surface area contributed by atoms with E-state index in [1.165, 1.54) is 98.4 Å². The molecule has 0 amide bonds. The van der Waals surface area contributed by atoms with E-state index in [4.69, 9.17) is 0 Å². The molecule has 5 heterocycles. The van der Waals surface area contributed by atoms with Crippen molar-refractivity contribution in [2.75, 3.05) is 0 Å². The number of rotatable bonds is 17. The monoisotopic (exact) mass is 2020 g/mol. The van der Waals surface area contributed by atoms with Gasteiger partial charge >= 0.3 is 0 Å². The molecule has 455 valence electrons. The van der Waals surface area contributed by atoms with Gasteiger partial charge in [-0.1, -0.05) is 173 Å². The van der Waals surface area contributed by atoms with Gasteiger partial charge in [-0.05, 0) is 77.1 Å². The van der Waals surface area contributed by atoms with Gasteiger partial charge in [-0.25, -0.2) is 0 Å². The Morgan fingerprint density at radius 1 is 0.365 bits per heavy atom. The first kappa shape index (κ1) is 78.1. The molecule has 0 atom stereocenters. The smallest absolute Gasteiger partial charge is 0.0190 e. The molecule has 10 aromatic rings. The van der Waals surface area contributed by atoms with Gasteiger partial charge in [0.15, 0.2) is 0 Å². The van der Waals surface area contributed by atoms with Gasteiger partial charge in [0, 0.05) is 132 Å². The van der Waals surface area contributed by atoms with Crippen LogP contribution in [0.25, 0.3) is 56.3 Å². The van der Waals surface area contributed by atoms with E-state index in [9.17, 15) is 0 Å². The Kier molecular flexibility index (Phi) is 41.7. The number of hydrogen-bond acceptors (Lipinski definition) is 5. The second-order valence-corrected chi connectivity index (χ2v) is 20.9. The van der Waals surface area contributed by atoms with Gasteiger partial charge in [-0.3, -0.25) is 0 Å². The van der Waals surface area contributed by atoms with Gasteiger partial charge in [0.05, 0.1) is 0 Å². The zero-order valence-corrected chi connectivity index (χ0v) is 62.1. The van der Waals surface area contributed by atoms with Crippen LogP contribution in [-0.2, 0) is 119 Å². The molecule has 0 saturated heterocycles. The largest absolute Gasteiger partial charge is 0.305 e. The van der Waals surface area contributed by atoms with Crippen LogP contribution in [0.5, 0.6) is 0 Å². The first-order valence-corrected chi connectivity index (χ1v) is 28.7. The van der Waals surface area contributed by atoms with E-state index >= 15 is 0 Å². The fraction of sp³-hybridized carbons (Fsp3) is 0.267. The maximum absolute atomic E-state index is 4.44. The van der Waals surface area contributed by atoms with Crippen molar-refractivity contribution < 1.29 is 101 Å². The maximum atomic E-state index is 4.44. The quantitative estimate of drug-likeness (QED) is 0.0671. The molecule has 0 unspecified atom stereocenters. The molecule has 5 aromatic heterocycles. The van der Waals surface area contributed by atoms with E-state index in [1.807, 2.05) is 153 Å². The maximum Gasteiger partial charge on any atom is 0.0190 e. The van der Waals surface area contributed by atoms with E-state index in [2.05, 4.69) is 151 Å². The number of unbranched alkanes of at least 4 members (excludes halogenated alkanes) is 8. The minimum Gasteiger partial charge on any atom is -0.305 e. The number of nitrogens with zero attached hydrogens (tertiary/aromatic N) is 5. The van der Waals surface area contributed by atoms with Crippen LogP contribution in [0.15, 0.2) is 213 Å². The summed E-state index contributed by atoms with van der Waals surface area (Å²) in [5, 5.41) is 0. The van der Waals surface area contributed by atoms with Crippen LogP contribution in [0.3, 0.4) is 0 Å². The molecule has 5 aromatic carbocycles. The third kappa shape index (κ3) is 29.6. The number of aromatic nitrogens is 5. The number of benzene rings is 5. The molecule has 0 bridgehead atoms. The Bertz CT molecular complexity index is 3180. The summed E-state index contributed by atoms with van der Waals surface area (Å²) in [7, 11) is 0. The van der Waals surface area contributed by atoms with E-state index in [0.717, 1.165) is 62.7 Å². The molecule has 0 N–H and O–H groups in total. The Hall–Kier alpha value is -4.90. The molecule has 0 aliphatic heterocycles. The van der Waals surface area contributed by atoms with Gasteiger partial charge in [-0.15, -0.1) is 177 Å². The van der Waals surface area contributed by atoms with Gasteiger partial charge in [-0.2, -0.15) is 0 Å². The Morgan fingerprint density at radius 3 is 1.35 bits per heavy atom. The van der Waals surface area contributed by atoms with Crippen LogP contribution in [0, 0.1) is 44.2 Å². The zero-order valence-electron chi connectivity index (χ0n) is 50.1. The Morgan fingerprint density at radius 2 is 0.847 bits per heavy atom. The predicted molar refractivity (Wildman–Crippen MR) is 336 cm³/mol. The zero-order chi connectivity index (χ0) is 56.5.